The molecule has 2 aromatic rings. The van der Waals surface area contributed by atoms with Crippen molar-refractivity contribution in [2.24, 2.45) is 5.16 Å². The lowest BCUT2D eigenvalue weighted by molar-refractivity contribution is -0.137. The molecule has 23 heavy (non-hydrogen) atoms. The van der Waals surface area contributed by atoms with Crippen molar-refractivity contribution in [3.63, 3.8) is 0 Å². The van der Waals surface area contributed by atoms with Gasteiger partial charge in [0.2, 0.25) is 0 Å². The quantitative estimate of drug-likeness (QED) is 0.455. The van der Waals surface area contributed by atoms with Crippen molar-refractivity contribution in [2.75, 3.05) is 0 Å². The van der Waals surface area contributed by atoms with E-state index in [4.69, 9.17) is 23.2 Å². The van der Waals surface area contributed by atoms with Gasteiger partial charge in [0, 0.05) is 11.2 Å². The van der Waals surface area contributed by atoms with E-state index in [1.807, 2.05) is 0 Å². The van der Waals surface area contributed by atoms with E-state index < -0.39 is 28.4 Å². The maximum atomic E-state index is 12.5. The number of aromatic nitrogens is 1. The molecule has 0 saturated carbocycles. The Hall–Kier alpha value is -2.12. The van der Waals surface area contributed by atoms with Crippen LogP contribution in [0, 0.1) is 0 Å². The summed E-state index contributed by atoms with van der Waals surface area (Å²) in [7, 11) is 0. The molecule has 0 amide bonds. The highest BCUT2D eigenvalue weighted by atomic mass is 35.5. The molecule has 2 rings (SSSR count). The van der Waals surface area contributed by atoms with Crippen molar-refractivity contribution >= 4 is 35.4 Å². The highest BCUT2D eigenvalue weighted by molar-refractivity contribution is 6.33. The van der Waals surface area contributed by atoms with E-state index in [1.54, 1.807) is 24.3 Å². The maximum Gasteiger partial charge on any atom is 0.417 e. The molecule has 0 fully saturated rings. The molecule has 0 N–H and O–H groups in total. The van der Waals surface area contributed by atoms with Crippen LogP contribution in [-0.2, 0) is 11.0 Å². The molecule has 0 aliphatic heterocycles. The third-order valence-electron chi connectivity index (χ3n) is 2.57. The van der Waals surface area contributed by atoms with Crippen LogP contribution >= 0.6 is 23.2 Å². The lowest BCUT2D eigenvalue weighted by Crippen LogP contribution is -2.10. The van der Waals surface area contributed by atoms with Crippen LogP contribution in [0.5, 0.6) is 0 Å². The zero-order valence-electron chi connectivity index (χ0n) is 11.1. The first kappa shape index (κ1) is 17.2. The van der Waals surface area contributed by atoms with E-state index in [-0.39, 0.29) is 0 Å². The predicted molar refractivity (Wildman–Crippen MR) is 78.7 cm³/mol. The van der Waals surface area contributed by atoms with Crippen molar-refractivity contribution < 1.29 is 22.8 Å². The molecule has 0 aliphatic rings. The van der Waals surface area contributed by atoms with Gasteiger partial charge in [0.1, 0.15) is 0 Å². The molecule has 0 unspecified atom stereocenters. The van der Waals surface area contributed by atoms with Crippen LogP contribution in [-0.4, -0.2) is 17.2 Å². The fourth-order valence-electron chi connectivity index (χ4n) is 1.47. The number of rotatable bonds is 3. The lowest BCUT2D eigenvalue weighted by Gasteiger charge is -2.07. The van der Waals surface area contributed by atoms with Crippen molar-refractivity contribution in [3.8, 4) is 0 Å². The highest BCUT2D eigenvalue weighted by Gasteiger charge is 2.32. The largest absolute Gasteiger partial charge is 0.417 e. The number of hydrogen-bond donors (Lipinski definition) is 0. The van der Waals surface area contributed by atoms with E-state index in [9.17, 15) is 18.0 Å². The average molecular weight is 363 g/mol. The Morgan fingerprint density at radius 2 is 1.87 bits per heavy atom. The predicted octanol–water partition coefficient (Wildman–Crippen LogP) is 4.60. The summed E-state index contributed by atoms with van der Waals surface area (Å²) >= 11 is 11.3. The second-order valence-electron chi connectivity index (χ2n) is 4.22. The van der Waals surface area contributed by atoms with E-state index in [2.05, 4.69) is 15.0 Å². The van der Waals surface area contributed by atoms with Gasteiger partial charge >= 0.3 is 12.1 Å². The van der Waals surface area contributed by atoms with Crippen LogP contribution in [0.25, 0.3) is 0 Å². The van der Waals surface area contributed by atoms with Crippen LogP contribution in [0.2, 0.25) is 10.0 Å². The smallest absolute Gasteiger partial charge is 0.311 e. The number of halogens is 5. The molecule has 0 spiro atoms. The maximum absolute atomic E-state index is 12.5. The number of carbonyl (C=O) groups excluding carboxylic acids is 1. The summed E-state index contributed by atoms with van der Waals surface area (Å²) in [6.07, 6.45) is -2.89. The summed E-state index contributed by atoms with van der Waals surface area (Å²) in [5.74, 6) is -1.08. The summed E-state index contributed by atoms with van der Waals surface area (Å²) in [5, 5.41) is 3.47. The minimum absolute atomic E-state index is 0.465. The normalized spacial score (nSPS) is 11.7. The Balaban J connectivity index is 2.07. The molecular formula is C14H7Cl2F3N2O2. The Kier molecular flexibility index (Phi) is 5.23. The third-order valence-corrected chi connectivity index (χ3v) is 3.11. The van der Waals surface area contributed by atoms with Crippen molar-refractivity contribution in [3.05, 3.63) is 63.4 Å². The molecule has 1 aromatic heterocycles. The van der Waals surface area contributed by atoms with Gasteiger partial charge in [-0.2, -0.15) is 13.2 Å². The molecule has 4 nitrogen and oxygen atoms in total. The zero-order valence-corrected chi connectivity index (χ0v) is 12.7. The van der Waals surface area contributed by atoms with Gasteiger partial charge in [0.05, 0.1) is 16.8 Å². The van der Waals surface area contributed by atoms with E-state index in [0.717, 1.165) is 0 Å². The van der Waals surface area contributed by atoms with Crippen LogP contribution in [0.15, 0.2) is 41.7 Å². The first-order valence-corrected chi connectivity index (χ1v) is 6.76. The summed E-state index contributed by atoms with van der Waals surface area (Å²) in [6.45, 7) is 0. The Bertz CT molecular complexity index is 747. The summed E-state index contributed by atoms with van der Waals surface area (Å²) in [4.78, 5) is 19.6. The summed E-state index contributed by atoms with van der Waals surface area (Å²) in [5.41, 5.74) is -0.926. The van der Waals surface area contributed by atoms with Crippen molar-refractivity contribution in [1.29, 1.82) is 0 Å². The number of benzene rings is 1. The molecular weight excluding hydrogens is 356 g/mol. The van der Waals surface area contributed by atoms with E-state index in [1.165, 1.54) is 6.21 Å². The van der Waals surface area contributed by atoms with Gasteiger partial charge < -0.3 is 4.84 Å². The number of carbonyl (C=O) groups is 1. The molecule has 120 valence electrons. The minimum Gasteiger partial charge on any atom is -0.311 e. The van der Waals surface area contributed by atoms with Crippen LogP contribution in [0.3, 0.4) is 0 Å². The SMILES string of the molecule is O=C(ON=Cc1ccc(Cl)cc1)c1ncc(C(F)(F)F)cc1Cl. The Labute approximate surface area is 138 Å². The number of nitrogens with zero attached hydrogens (tertiary/aromatic N) is 2. The molecule has 0 radical (unpaired) electrons. The summed E-state index contributed by atoms with van der Waals surface area (Å²) < 4.78 is 37.4. The van der Waals surface area contributed by atoms with Gasteiger partial charge in [-0.1, -0.05) is 40.5 Å². The van der Waals surface area contributed by atoms with Gasteiger partial charge in [0.15, 0.2) is 5.69 Å². The minimum atomic E-state index is -4.61. The van der Waals surface area contributed by atoms with Crippen molar-refractivity contribution in [1.82, 2.24) is 4.98 Å². The van der Waals surface area contributed by atoms with Crippen LogP contribution in [0.1, 0.15) is 21.6 Å². The van der Waals surface area contributed by atoms with Gasteiger partial charge in [-0.25, -0.2) is 9.78 Å². The molecule has 0 bridgehead atoms. The topological polar surface area (TPSA) is 51.5 Å². The first-order valence-electron chi connectivity index (χ1n) is 6.00. The standard InChI is InChI=1S/C14H7Cl2F3N2O2/c15-10-3-1-8(2-4-10)6-21-23-13(22)12-11(16)5-9(7-20-12)14(17,18)19/h1-7H. The Morgan fingerprint density at radius 1 is 1.22 bits per heavy atom. The number of pyridine rings is 1. The highest BCUT2D eigenvalue weighted by Crippen LogP contribution is 2.31. The fourth-order valence-corrected chi connectivity index (χ4v) is 1.84. The molecule has 9 heteroatoms. The molecule has 0 atom stereocenters. The van der Waals surface area contributed by atoms with Gasteiger partial charge in [-0.05, 0) is 23.8 Å². The fraction of sp³-hybridized carbons (Fsp3) is 0.0714. The summed E-state index contributed by atoms with van der Waals surface area (Å²) in [6, 6.07) is 7.07. The average Bonchev–Trinajstić information content (AvgIpc) is 2.48. The van der Waals surface area contributed by atoms with Crippen LogP contribution < -0.4 is 0 Å². The van der Waals surface area contributed by atoms with Gasteiger partial charge in [-0.3, -0.25) is 0 Å². The number of alkyl halides is 3. The van der Waals surface area contributed by atoms with E-state index >= 15 is 0 Å². The van der Waals surface area contributed by atoms with Gasteiger partial charge in [0.25, 0.3) is 0 Å². The Morgan fingerprint density at radius 3 is 2.43 bits per heavy atom. The zero-order chi connectivity index (χ0) is 17.0. The monoisotopic (exact) mass is 362 g/mol. The second-order valence-corrected chi connectivity index (χ2v) is 5.06. The molecule has 1 heterocycles. The van der Waals surface area contributed by atoms with E-state index in [0.29, 0.717) is 22.8 Å². The second kappa shape index (κ2) is 6.97. The number of hydrogen-bond acceptors (Lipinski definition) is 4. The molecule has 0 saturated heterocycles. The number of oxime groups is 1. The lowest BCUT2D eigenvalue weighted by atomic mass is 10.2. The molecule has 0 aliphatic carbocycles. The van der Waals surface area contributed by atoms with Gasteiger partial charge in [-0.15, -0.1) is 0 Å². The molecule has 1 aromatic carbocycles. The van der Waals surface area contributed by atoms with Crippen molar-refractivity contribution in [2.45, 2.75) is 6.18 Å². The van der Waals surface area contributed by atoms with Crippen LogP contribution in [0.4, 0.5) is 13.2 Å². The first-order chi connectivity index (χ1) is 10.8. The third kappa shape index (κ3) is 4.67.